The van der Waals surface area contributed by atoms with Crippen molar-refractivity contribution in [2.24, 2.45) is 0 Å². The lowest BCUT2D eigenvalue weighted by molar-refractivity contribution is -0.165. The van der Waals surface area contributed by atoms with Crippen LogP contribution in [-0.2, 0) is 9.59 Å². The van der Waals surface area contributed by atoms with Gasteiger partial charge in [-0.3, -0.25) is 0 Å². The second kappa shape index (κ2) is 10.5. The molecule has 3 atom stereocenters. The molecular weight excluding hydrogens is 338 g/mol. The number of carboxylic acids is 2. The molecule has 10 heteroatoms. The van der Waals surface area contributed by atoms with Crippen molar-refractivity contribution >= 4 is 11.9 Å². The highest BCUT2D eigenvalue weighted by Gasteiger charge is 2.29. The Labute approximate surface area is 143 Å². The molecule has 10 nitrogen and oxygen atoms in total. The van der Waals surface area contributed by atoms with Gasteiger partial charge in [-0.15, -0.1) is 0 Å². The second-order valence-electron chi connectivity index (χ2n) is 5.39. The smallest absolute Gasteiger partial charge is 0.335 e. The molecular formula is C15H23NO9. The Morgan fingerprint density at radius 3 is 1.80 bits per heavy atom. The fourth-order valence-corrected chi connectivity index (χ4v) is 1.48. The van der Waals surface area contributed by atoms with Gasteiger partial charge in [0.25, 0.3) is 0 Å². The first-order valence-electron chi connectivity index (χ1n) is 7.22. The highest BCUT2D eigenvalue weighted by Crippen LogP contribution is 2.27. The van der Waals surface area contributed by atoms with Crippen LogP contribution in [0.5, 0.6) is 11.5 Å². The average molecular weight is 361 g/mol. The van der Waals surface area contributed by atoms with E-state index in [2.05, 4.69) is 5.32 Å². The Kier molecular flexibility index (Phi) is 9.46. The zero-order valence-electron chi connectivity index (χ0n) is 13.7. The van der Waals surface area contributed by atoms with Gasteiger partial charge < -0.3 is 41.1 Å². The van der Waals surface area contributed by atoms with Crippen molar-refractivity contribution in [2.75, 3.05) is 6.54 Å². The van der Waals surface area contributed by atoms with Gasteiger partial charge >= 0.3 is 11.9 Å². The third kappa shape index (κ3) is 8.31. The molecule has 0 unspecified atom stereocenters. The van der Waals surface area contributed by atoms with Gasteiger partial charge in [0.2, 0.25) is 0 Å². The summed E-state index contributed by atoms with van der Waals surface area (Å²) in [5.74, 6) is -3.93. The maximum absolute atomic E-state index is 9.77. The SMILES string of the molecule is CC(C)NC[C@@H](O)c1ccc(O)c(O)c1.O=C(O)[C@@H](O)[C@H](O)C(=O)O. The Hall–Kier alpha value is -2.40. The van der Waals surface area contributed by atoms with E-state index in [-0.39, 0.29) is 11.5 Å². The molecule has 8 N–H and O–H groups in total. The fourth-order valence-electron chi connectivity index (χ4n) is 1.48. The molecule has 0 saturated carbocycles. The monoisotopic (exact) mass is 361 g/mol. The predicted octanol–water partition coefficient (Wildman–Crippen LogP) is -0.993. The Balaban J connectivity index is 0.000000504. The molecule has 0 saturated heterocycles. The summed E-state index contributed by atoms with van der Waals surface area (Å²) in [6, 6.07) is 4.61. The largest absolute Gasteiger partial charge is 0.504 e. The van der Waals surface area contributed by atoms with E-state index >= 15 is 0 Å². The number of carboxylic acid groups (broad SMARTS) is 2. The van der Waals surface area contributed by atoms with Gasteiger partial charge in [0.05, 0.1) is 6.10 Å². The van der Waals surface area contributed by atoms with E-state index in [1.165, 1.54) is 12.1 Å². The summed E-state index contributed by atoms with van der Waals surface area (Å²) < 4.78 is 0. The summed E-state index contributed by atoms with van der Waals surface area (Å²) in [5.41, 5.74) is 0.582. The van der Waals surface area contributed by atoms with Crippen LogP contribution < -0.4 is 5.32 Å². The number of benzene rings is 1. The molecule has 25 heavy (non-hydrogen) atoms. The van der Waals surface area contributed by atoms with E-state index in [1.807, 2.05) is 13.8 Å². The van der Waals surface area contributed by atoms with Gasteiger partial charge in [0.1, 0.15) is 0 Å². The molecule has 0 radical (unpaired) electrons. The van der Waals surface area contributed by atoms with Gasteiger partial charge in [-0.05, 0) is 17.7 Å². The third-order valence-corrected chi connectivity index (χ3v) is 2.91. The molecule has 0 aliphatic rings. The topological polar surface area (TPSA) is 188 Å². The zero-order chi connectivity index (χ0) is 19.7. The number of carbonyl (C=O) groups is 2. The normalized spacial score (nSPS) is 14.2. The minimum atomic E-state index is -2.27. The number of hydrogen-bond donors (Lipinski definition) is 8. The van der Waals surface area contributed by atoms with Crippen molar-refractivity contribution in [3.63, 3.8) is 0 Å². The molecule has 1 aromatic carbocycles. The van der Waals surface area contributed by atoms with Crippen LogP contribution in [0.25, 0.3) is 0 Å². The zero-order valence-corrected chi connectivity index (χ0v) is 13.7. The summed E-state index contributed by atoms with van der Waals surface area (Å²) >= 11 is 0. The van der Waals surface area contributed by atoms with Crippen LogP contribution in [0.2, 0.25) is 0 Å². The molecule has 0 spiro atoms. The number of aliphatic hydroxyl groups is 3. The number of hydrogen-bond acceptors (Lipinski definition) is 8. The number of aliphatic carboxylic acids is 2. The van der Waals surface area contributed by atoms with Gasteiger partial charge in [0.15, 0.2) is 23.7 Å². The highest BCUT2D eigenvalue weighted by atomic mass is 16.4. The van der Waals surface area contributed by atoms with Gasteiger partial charge in [-0.25, -0.2) is 9.59 Å². The Morgan fingerprint density at radius 2 is 1.44 bits per heavy atom. The van der Waals surface area contributed by atoms with Crippen molar-refractivity contribution in [2.45, 2.75) is 38.2 Å². The second-order valence-corrected chi connectivity index (χ2v) is 5.39. The van der Waals surface area contributed by atoms with E-state index in [0.717, 1.165) is 0 Å². The summed E-state index contributed by atoms with van der Waals surface area (Å²) in [4.78, 5) is 19.5. The first kappa shape index (κ1) is 22.6. The lowest BCUT2D eigenvalue weighted by atomic mass is 10.1. The van der Waals surface area contributed by atoms with E-state index in [4.69, 9.17) is 25.5 Å². The highest BCUT2D eigenvalue weighted by molar-refractivity contribution is 5.83. The van der Waals surface area contributed by atoms with Crippen LogP contribution in [-0.4, -0.2) is 72.5 Å². The van der Waals surface area contributed by atoms with Crippen molar-refractivity contribution in [1.82, 2.24) is 5.32 Å². The number of phenolic OH excluding ortho intramolecular Hbond substituents is 2. The van der Waals surface area contributed by atoms with Gasteiger partial charge in [-0.2, -0.15) is 0 Å². The number of aromatic hydroxyl groups is 2. The van der Waals surface area contributed by atoms with Crippen LogP contribution in [0.15, 0.2) is 18.2 Å². The molecule has 0 aliphatic heterocycles. The molecule has 0 bridgehead atoms. The fraction of sp³-hybridized carbons (Fsp3) is 0.467. The van der Waals surface area contributed by atoms with Crippen LogP contribution >= 0.6 is 0 Å². The Morgan fingerprint density at radius 1 is 0.960 bits per heavy atom. The van der Waals surface area contributed by atoms with Crippen LogP contribution in [0.4, 0.5) is 0 Å². The summed E-state index contributed by atoms with van der Waals surface area (Å²) in [5, 5.41) is 63.7. The van der Waals surface area contributed by atoms with Gasteiger partial charge in [0, 0.05) is 12.6 Å². The first-order chi connectivity index (χ1) is 11.5. The molecule has 0 fully saturated rings. The van der Waals surface area contributed by atoms with E-state index in [0.29, 0.717) is 18.2 Å². The third-order valence-electron chi connectivity index (χ3n) is 2.91. The van der Waals surface area contributed by atoms with Crippen LogP contribution in [0.3, 0.4) is 0 Å². The summed E-state index contributed by atoms with van der Waals surface area (Å²) in [7, 11) is 0. The number of rotatable bonds is 7. The predicted molar refractivity (Wildman–Crippen MR) is 85.2 cm³/mol. The average Bonchev–Trinajstić information content (AvgIpc) is 2.53. The lowest BCUT2D eigenvalue weighted by Gasteiger charge is -2.14. The molecule has 0 aliphatic carbocycles. The first-order valence-corrected chi connectivity index (χ1v) is 7.22. The van der Waals surface area contributed by atoms with Crippen molar-refractivity contribution < 1.29 is 45.3 Å². The maximum atomic E-state index is 9.77. The number of aliphatic hydroxyl groups excluding tert-OH is 3. The summed E-state index contributed by atoms with van der Waals surface area (Å²) in [6.07, 6.45) is -5.21. The van der Waals surface area contributed by atoms with Gasteiger partial charge in [-0.1, -0.05) is 19.9 Å². The standard InChI is InChI=1S/C11H17NO3.C4H6O6/c1-7(2)12-6-11(15)8-3-4-9(13)10(14)5-8;5-1(3(7)8)2(6)4(9)10/h3-5,7,11-15H,6H2,1-2H3;1-2,5-6H,(H,7,8)(H,9,10)/t11-;1-,2-/m10/s1. The van der Waals surface area contributed by atoms with Crippen LogP contribution in [0, 0.1) is 0 Å². The molecule has 1 rings (SSSR count). The van der Waals surface area contributed by atoms with Crippen molar-refractivity contribution in [1.29, 1.82) is 0 Å². The molecule has 142 valence electrons. The minimum Gasteiger partial charge on any atom is -0.504 e. The number of phenols is 2. The van der Waals surface area contributed by atoms with E-state index in [1.54, 1.807) is 6.07 Å². The summed E-state index contributed by atoms with van der Waals surface area (Å²) in [6.45, 7) is 4.39. The van der Waals surface area contributed by atoms with Crippen molar-refractivity contribution in [3.8, 4) is 11.5 Å². The quantitative estimate of drug-likeness (QED) is 0.280. The van der Waals surface area contributed by atoms with Crippen molar-refractivity contribution in [3.05, 3.63) is 23.8 Å². The lowest BCUT2D eigenvalue weighted by Crippen LogP contribution is -2.39. The molecule has 0 amide bonds. The number of nitrogens with one attached hydrogen (secondary N) is 1. The molecule has 0 aromatic heterocycles. The Bertz CT molecular complexity index is 558. The van der Waals surface area contributed by atoms with E-state index < -0.39 is 30.3 Å². The van der Waals surface area contributed by atoms with Crippen LogP contribution in [0.1, 0.15) is 25.5 Å². The van der Waals surface area contributed by atoms with E-state index in [9.17, 15) is 19.8 Å². The minimum absolute atomic E-state index is 0.178. The maximum Gasteiger partial charge on any atom is 0.335 e. The molecule has 1 aromatic rings. The molecule has 0 heterocycles.